The van der Waals surface area contributed by atoms with E-state index in [0.717, 1.165) is 0 Å². The van der Waals surface area contributed by atoms with E-state index in [1.54, 1.807) is 24.3 Å². The van der Waals surface area contributed by atoms with Crippen LogP contribution in [0, 0.1) is 10.1 Å². The number of urea groups is 1. The van der Waals surface area contributed by atoms with E-state index in [4.69, 9.17) is 4.74 Å². The lowest BCUT2D eigenvalue weighted by molar-refractivity contribution is -0.432. The Kier molecular flexibility index (Phi) is 3.37. The molecule has 0 saturated carbocycles. The van der Waals surface area contributed by atoms with Gasteiger partial charge in [0.25, 0.3) is 5.70 Å². The number of allylic oxidation sites excluding steroid dienone is 1. The molecule has 0 radical (unpaired) electrons. The van der Waals surface area contributed by atoms with Gasteiger partial charge in [-0.25, -0.2) is 4.79 Å². The fourth-order valence-corrected chi connectivity index (χ4v) is 1.97. The third-order valence-corrected chi connectivity index (χ3v) is 2.88. The van der Waals surface area contributed by atoms with Gasteiger partial charge in [-0.3, -0.25) is 10.1 Å². The zero-order valence-corrected chi connectivity index (χ0v) is 10.5. The van der Waals surface area contributed by atoms with Crippen molar-refractivity contribution in [1.82, 2.24) is 10.6 Å². The molecule has 1 atom stereocenters. The zero-order chi connectivity index (χ0) is 14.0. The van der Waals surface area contributed by atoms with Crippen molar-refractivity contribution in [3.05, 3.63) is 51.3 Å². The van der Waals surface area contributed by atoms with Gasteiger partial charge in [-0.05, 0) is 24.6 Å². The first-order valence-corrected chi connectivity index (χ1v) is 5.59. The number of benzene rings is 1. The van der Waals surface area contributed by atoms with Crippen LogP contribution in [0.5, 0.6) is 5.75 Å². The molecule has 2 rings (SSSR count). The summed E-state index contributed by atoms with van der Waals surface area (Å²) in [6.45, 7) is 1.51. The molecule has 0 fully saturated rings. The summed E-state index contributed by atoms with van der Waals surface area (Å²) in [4.78, 5) is 22.1. The van der Waals surface area contributed by atoms with E-state index in [9.17, 15) is 14.9 Å². The predicted octanol–water partition coefficient (Wildman–Crippen LogP) is 1.56. The van der Waals surface area contributed by atoms with Crippen molar-refractivity contribution in [1.29, 1.82) is 0 Å². The SMILES string of the molecule is COc1ccc([C@@H]2NC(=O)NC(C)=C2[N+](=O)[O-])cc1. The van der Waals surface area contributed by atoms with Crippen molar-refractivity contribution in [2.45, 2.75) is 13.0 Å². The summed E-state index contributed by atoms with van der Waals surface area (Å²) in [5.74, 6) is 0.646. The minimum atomic E-state index is -0.769. The average molecular weight is 263 g/mol. The highest BCUT2D eigenvalue weighted by Gasteiger charge is 2.35. The van der Waals surface area contributed by atoms with Crippen molar-refractivity contribution in [2.75, 3.05) is 7.11 Å². The molecule has 2 N–H and O–H groups in total. The summed E-state index contributed by atoms with van der Waals surface area (Å²) in [5.41, 5.74) is 0.807. The van der Waals surface area contributed by atoms with E-state index in [2.05, 4.69) is 10.6 Å². The van der Waals surface area contributed by atoms with E-state index in [-0.39, 0.29) is 11.4 Å². The Morgan fingerprint density at radius 2 is 1.95 bits per heavy atom. The van der Waals surface area contributed by atoms with E-state index in [1.165, 1.54) is 14.0 Å². The quantitative estimate of drug-likeness (QED) is 0.639. The maximum atomic E-state index is 11.4. The number of hydrogen-bond acceptors (Lipinski definition) is 4. The first-order valence-electron chi connectivity index (χ1n) is 5.59. The Hall–Kier alpha value is -2.57. The molecule has 0 aromatic heterocycles. The summed E-state index contributed by atoms with van der Waals surface area (Å²) in [6.07, 6.45) is 0. The maximum Gasteiger partial charge on any atom is 0.320 e. The fourth-order valence-electron chi connectivity index (χ4n) is 1.97. The van der Waals surface area contributed by atoms with Crippen LogP contribution in [0.25, 0.3) is 0 Å². The molecule has 1 heterocycles. The first kappa shape index (κ1) is 12.9. The van der Waals surface area contributed by atoms with Crippen LogP contribution in [0.15, 0.2) is 35.7 Å². The average Bonchev–Trinajstić information content (AvgIpc) is 2.37. The number of carbonyl (C=O) groups excluding carboxylic acids is 1. The van der Waals surface area contributed by atoms with Crippen molar-refractivity contribution in [3.63, 3.8) is 0 Å². The molecule has 0 unspecified atom stereocenters. The largest absolute Gasteiger partial charge is 0.497 e. The van der Waals surface area contributed by atoms with Crippen molar-refractivity contribution in [2.24, 2.45) is 0 Å². The lowest BCUT2D eigenvalue weighted by Gasteiger charge is -2.23. The number of nitrogens with one attached hydrogen (secondary N) is 2. The summed E-state index contributed by atoms with van der Waals surface area (Å²) >= 11 is 0. The van der Waals surface area contributed by atoms with Gasteiger partial charge in [-0.15, -0.1) is 0 Å². The summed E-state index contributed by atoms with van der Waals surface area (Å²) < 4.78 is 5.03. The van der Waals surface area contributed by atoms with Crippen LogP contribution in [0.3, 0.4) is 0 Å². The summed E-state index contributed by atoms with van der Waals surface area (Å²) in [6, 6.07) is 5.53. The number of nitrogens with zero attached hydrogens (tertiary/aromatic N) is 1. The Morgan fingerprint density at radius 1 is 1.32 bits per heavy atom. The minimum absolute atomic E-state index is 0.0650. The second kappa shape index (κ2) is 4.97. The van der Waals surface area contributed by atoms with E-state index >= 15 is 0 Å². The molecular formula is C12H13N3O4. The topological polar surface area (TPSA) is 93.5 Å². The number of nitro groups is 1. The Bertz CT molecular complexity index is 551. The zero-order valence-electron chi connectivity index (χ0n) is 10.5. The fraction of sp³-hybridized carbons (Fsp3) is 0.250. The number of rotatable bonds is 3. The number of methoxy groups -OCH3 is 1. The first-order chi connectivity index (χ1) is 9.02. The normalized spacial score (nSPS) is 18.6. The third-order valence-electron chi connectivity index (χ3n) is 2.88. The van der Waals surface area contributed by atoms with Gasteiger partial charge in [0, 0.05) is 0 Å². The molecule has 1 aliphatic rings. The molecule has 100 valence electrons. The molecule has 2 amide bonds. The van der Waals surface area contributed by atoms with Crippen LogP contribution in [0.2, 0.25) is 0 Å². The van der Waals surface area contributed by atoms with Crippen molar-refractivity contribution in [3.8, 4) is 5.75 Å². The highest BCUT2D eigenvalue weighted by atomic mass is 16.6. The van der Waals surface area contributed by atoms with Gasteiger partial charge in [0.15, 0.2) is 0 Å². The number of carbonyl (C=O) groups is 1. The lowest BCUT2D eigenvalue weighted by Crippen LogP contribution is -2.44. The van der Waals surface area contributed by atoms with Crippen LogP contribution in [-0.4, -0.2) is 18.1 Å². The standard InChI is InChI=1S/C12H13N3O4/c1-7-11(15(17)18)10(14-12(16)13-7)8-3-5-9(19-2)6-4-8/h3-6,10H,1-2H3,(H2,13,14,16)/t10-/m0/s1. The Balaban J connectivity index is 2.42. The van der Waals surface area contributed by atoms with Crippen LogP contribution in [0.1, 0.15) is 18.5 Å². The molecule has 0 saturated heterocycles. The summed E-state index contributed by atoms with van der Waals surface area (Å²) in [7, 11) is 1.54. The van der Waals surface area contributed by atoms with Gasteiger partial charge < -0.3 is 15.4 Å². The van der Waals surface area contributed by atoms with E-state index in [0.29, 0.717) is 11.3 Å². The van der Waals surface area contributed by atoms with Crippen LogP contribution < -0.4 is 15.4 Å². The van der Waals surface area contributed by atoms with Crippen LogP contribution in [0.4, 0.5) is 4.79 Å². The molecule has 19 heavy (non-hydrogen) atoms. The van der Waals surface area contributed by atoms with Crippen LogP contribution >= 0.6 is 0 Å². The Morgan fingerprint density at radius 3 is 2.47 bits per heavy atom. The molecule has 0 aliphatic carbocycles. The predicted molar refractivity (Wildman–Crippen MR) is 67.1 cm³/mol. The van der Waals surface area contributed by atoms with Gasteiger partial charge in [0.05, 0.1) is 17.7 Å². The number of hydrogen-bond donors (Lipinski definition) is 2. The minimum Gasteiger partial charge on any atom is -0.497 e. The number of amides is 2. The van der Waals surface area contributed by atoms with Gasteiger partial charge >= 0.3 is 6.03 Å². The smallest absolute Gasteiger partial charge is 0.320 e. The molecule has 0 spiro atoms. The highest BCUT2D eigenvalue weighted by molar-refractivity contribution is 5.78. The van der Waals surface area contributed by atoms with Crippen molar-refractivity contribution < 1.29 is 14.5 Å². The van der Waals surface area contributed by atoms with E-state index in [1.807, 2.05) is 0 Å². The maximum absolute atomic E-state index is 11.4. The molecule has 7 nitrogen and oxygen atoms in total. The monoisotopic (exact) mass is 263 g/mol. The van der Waals surface area contributed by atoms with Gasteiger partial charge in [0.1, 0.15) is 11.8 Å². The molecule has 1 aliphatic heterocycles. The highest BCUT2D eigenvalue weighted by Crippen LogP contribution is 2.27. The van der Waals surface area contributed by atoms with E-state index < -0.39 is 17.0 Å². The second-order valence-corrected chi connectivity index (χ2v) is 4.07. The third kappa shape index (κ3) is 2.49. The molecular weight excluding hydrogens is 250 g/mol. The summed E-state index contributed by atoms with van der Waals surface area (Å²) in [5, 5.41) is 16.0. The van der Waals surface area contributed by atoms with Crippen molar-refractivity contribution >= 4 is 6.03 Å². The van der Waals surface area contributed by atoms with Gasteiger partial charge in [0.2, 0.25) is 0 Å². The Labute approximate surface area is 109 Å². The van der Waals surface area contributed by atoms with Gasteiger partial charge in [-0.2, -0.15) is 0 Å². The molecule has 7 heteroatoms. The number of ether oxygens (including phenoxy) is 1. The van der Waals surface area contributed by atoms with Gasteiger partial charge in [-0.1, -0.05) is 12.1 Å². The molecule has 1 aromatic carbocycles. The molecule has 1 aromatic rings. The second-order valence-electron chi connectivity index (χ2n) is 4.07. The lowest BCUT2D eigenvalue weighted by atomic mass is 10.0. The van der Waals surface area contributed by atoms with Crippen LogP contribution in [-0.2, 0) is 0 Å². The molecule has 0 bridgehead atoms.